The Labute approximate surface area is 188 Å². The van der Waals surface area contributed by atoms with Crippen LogP contribution in [-0.4, -0.2) is 19.3 Å². The summed E-state index contributed by atoms with van der Waals surface area (Å²) >= 11 is 6.62. The van der Waals surface area contributed by atoms with Crippen molar-refractivity contribution in [1.29, 1.82) is 0 Å². The third kappa shape index (κ3) is 4.28. The number of hydrogen-bond donors (Lipinski definition) is 0. The first-order valence-electron chi connectivity index (χ1n) is 10.7. The van der Waals surface area contributed by atoms with Crippen molar-refractivity contribution in [2.75, 3.05) is 23.0 Å². The van der Waals surface area contributed by atoms with Gasteiger partial charge >= 0.3 is 0 Å². The van der Waals surface area contributed by atoms with Crippen LogP contribution in [0.1, 0.15) is 18.4 Å². The maximum Gasteiger partial charge on any atom is 0.0659 e. The van der Waals surface area contributed by atoms with Gasteiger partial charge < -0.3 is 4.90 Å². The molecule has 0 unspecified atom stereocenters. The molecule has 31 heavy (non-hydrogen) atoms. The fraction of sp³-hybridized carbons (Fsp3) is 0.148. The van der Waals surface area contributed by atoms with E-state index in [0.717, 1.165) is 35.1 Å². The first kappa shape index (κ1) is 19.7. The summed E-state index contributed by atoms with van der Waals surface area (Å²) in [6, 6.07) is 31.2. The molecule has 4 aromatic carbocycles. The van der Waals surface area contributed by atoms with Crippen molar-refractivity contribution in [3.8, 4) is 0 Å². The predicted octanol–water partition coefficient (Wildman–Crippen LogP) is 7.27. The van der Waals surface area contributed by atoms with Crippen LogP contribution in [0.3, 0.4) is 0 Å². The number of fused-ring (bicyclic) bond motifs is 1. The first-order valence-corrected chi connectivity index (χ1v) is 11.1. The topological polar surface area (TPSA) is 18.8 Å². The molecule has 0 bridgehead atoms. The molecule has 5 rings (SSSR count). The Balaban J connectivity index is 1.49. The molecule has 0 spiro atoms. The number of nitrogens with zero attached hydrogens (tertiary/aromatic N) is 3. The van der Waals surface area contributed by atoms with Gasteiger partial charge in [0.15, 0.2) is 0 Å². The lowest BCUT2D eigenvalue weighted by Gasteiger charge is -2.20. The van der Waals surface area contributed by atoms with Crippen LogP contribution in [0, 0.1) is 0 Å². The Morgan fingerprint density at radius 3 is 2.26 bits per heavy atom. The van der Waals surface area contributed by atoms with E-state index >= 15 is 0 Å². The van der Waals surface area contributed by atoms with E-state index in [9.17, 15) is 0 Å². The number of anilines is 3. The highest BCUT2D eigenvalue weighted by atomic mass is 35.5. The SMILES string of the molecule is Clc1cc(N2CCCC2)ccc1C=NN(c1ccccc1)c1ccc2ccccc2c1. The fourth-order valence-corrected chi connectivity index (χ4v) is 4.30. The largest absolute Gasteiger partial charge is 0.371 e. The molecule has 3 nitrogen and oxygen atoms in total. The van der Waals surface area contributed by atoms with Gasteiger partial charge in [0.25, 0.3) is 0 Å². The third-order valence-electron chi connectivity index (χ3n) is 5.75. The van der Waals surface area contributed by atoms with Gasteiger partial charge in [0.05, 0.1) is 22.6 Å². The quantitative estimate of drug-likeness (QED) is 0.247. The summed E-state index contributed by atoms with van der Waals surface area (Å²) < 4.78 is 0. The molecule has 0 amide bonds. The molecule has 1 aliphatic rings. The van der Waals surface area contributed by atoms with Crippen LogP contribution >= 0.6 is 11.6 Å². The lowest BCUT2D eigenvalue weighted by Crippen LogP contribution is -2.17. The Kier molecular flexibility index (Phi) is 5.59. The average Bonchev–Trinajstić information content (AvgIpc) is 3.36. The van der Waals surface area contributed by atoms with E-state index < -0.39 is 0 Å². The van der Waals surface area contributed by atoms with Gasteiger partial charge in [0.1, 0.15) is 0 Å². The van der Waals surface area contributed by atoms with E-state index in [1.807, 2.05) is 29.4 Å². The van der Waals surface area contributed by atoms with Crippen molar-refractivity contribution in [1.82, 2.24) is 0 Å². The van der Waals surface area contributed by atoms with Crippen molar-refractivity contribution in [2.24, 2.45) is 5.10 Å². The predicted molar refractivity (Wildman–Crippen MR) is 133 cm³/mol. The molecule has 0 N–H and O–H groups in total. The second-order valence-corrected chi connectivity index (χ2v) is 8.23. The Hall–Kier alpha value is -3.30. The minimum atomic E-state index is 0.722. The number of rotatable bonds is 5. The average molecular weight is 426 g/mol. The van der Waals surface area contributed by atoms with E-state index in [2.05, 4.69) is 77.7 Å². The van der Waals surface area contributed by atoms with Gasteiger partial charge in [-0.25, -0.2) is 5.01 Å². The van der Waals surface area contributed by atoms with Crippen LogP contribution < -0.4 is 9.91 Å². The standard InChI is InChI=1S/C27H24ClN3/c28-27-19-25(30-16-6-7-17-30)14-13-23(27)20-29-31(24-10-2-1-3-11-24)26-15-12-21-8-4-5-9-22(21)18-26/h1-5,8-15,18-20H,6-7,16-17H2. The second-order valence-electron chi connectivity index (χ2n) is 7.82. The monoisotopic (exact) mass is 425 g/mol. The van der Waals surface area contributed by atoms with Crippen LogP contribution in [0.2, 0.25) is 5.02 Å². The second kappa shape index (κ2) is 8.83. The van der Waals surface area contributed by atoms with Gasteiger partial charge in [-0.1, -0.05) is 60.1 Å². The zero-order valence-corrected chi connectivity index (χ0v) is 18.0. The van der Waals surface area contributed by atoms with Crippen LogP contribution in [0.15, 0.2) is 96.1 Å². The Bertz CT molecular complexity index is 1210. The van der Waals surface area contributed by atoms with Gasteiger partial charge in [0.2, 0.25) is 0 Å². The molecule has 0 aliphatic carbocycles. The zero-order chi connectivity index (χ0) is 21.0. The molecular formula is C27H24ClN3. The van der Waals surface area contributed by atoms with Gasteiger partial charge in [-0.3, -0.25) is 0 Å². The molecule has 154 valence electrons. The van der Waals surface area contributed by atoms with Crippen LogP contribution in [0.5, 0.6) is 0 Å². The van der Waals surface area contributed by atoms with Gasteiger partial charge in [0, 0.05) is 24.3 Å². The van der Waals surface area contributed by atoms with Crippen molar-refractivity contribution in [3.05, 3.63) is 102 Å². The molecule has 0 aromatic heterocycles. The minimum Gasteiger partial charge on any atom is -0.371 e. The number of halogens is 1. The smallest absolute Gasteiger partial charge is 0.0659 e. The number of benzene rings is 4. The fourth-order valence-electron chi connectivity index (χ4n) is 4.07. The van der Waals surface area contributed by atoms with Crippen molar-refractivity contribution < 1.29 is 0 Å². The molecule has 1 saturated heterocycles. The van der Waals surface area contributed by atoms with Crippen molar-refractivity contribution in [3.63, 3.8) is 0 Å². The lowest BCUT2D eigenvalue weighted by atomic mass is 10.1. The highest BCUT2D eigenvalue weighted by Gasteiger charge is 2.14. The van der Waals surface area contributed by atoms with Gasteiger partial charge in [-0.2, -0.15) is 5.10 Å². The number of hydrogen-bond acceptors (Lipinski definition) is 3. The van der Waals surface area contributed by atoms with Gasteiger partial charge in [-0.05, 0) is 66.1 Å². The highest BCUT2D eigenvalue weighted by molar-refractivity contribution is 6.33. The van der Waals surface area contributed by atoms with Gasteiger partial charge in [-0.15, -0.1) is 0 Å². The summed E-state index contributed by atoms with van der Waals surface area (Å²) in [6.45, 7) is 2.21. The Morgan fingerprint density at radius 2 is 1.48 bits per heavy atom. The summed E-state index contributed by atoms with van der Waals surface area (Å²) in [5.41, 5.74) is 4.10. The van der Waals surface area contributed by atoms with Crippen molar-refractivity contribution >= 4 is 45.7 Å². The molecule has 0 atom stereocenters. The maximum absolute atomic E-state index is 6.62. The number of hydrazone groups is 1. The first-order chi connectivity index (χ1) is 15.3. The summed E-state index contributed by atoms with van der Waals surface area (Å²) in [5, 5.41) is 9.91. The lowest BCUT2D eigenvalue weighted by molar-refractivity contribution is 0.949. The summed E-state index contributed by atoms with van der Waals surface area (Å²) in [4.78, 5) is 2.39. The summed E-state index contributed by atoms with van der Waals surface area (Å²) in [6.07, 6.45) is 4.34. The molecule has 1 heterocycles. The molecule has 4 heteroatoms. The maximum atomic E-state index is 6.62. The van der Waals surface area contributed by atoms with Crippen LogP contribution in [-0.2, 0) is 0 Å². The van der Waals surface area contributed by atoms with Crippen molar-refractivity contribution in [2.45, 2.75) is 12.8 Å². The molecule has 1 aliphatic heterocycles. The zero-order valence-electron chi connectivity index (χ0n) is 17.3. The van der Waals surface area contributed by atoms with Crippen LogP contribution in [0.25, 0.3) is 10.8 Å². The summed E-state index contributed by atoms with van der Waals surface area (Å²) in [5.74, 6) is 0. The third-order valence-corrected chi connectivity index (χ3v) is 6.07. The van der Waals surface area contributed by atoms with Crippen LogP contribution in [0.4, 0.5) is 17.1 Å². The Morgan fingerprint density at radius 1 is 0.742 bits per heavy atom. The molecule has 4 aromatic rings. The molecular weight excluding hydrogens is 402 g/mol. The van der Waals surface area contributed by atoms with E-state index in [-0.39, 0.29) is 0 Å². The van der Waals surface area contributed by atoms with E-state index in [0.29, 0.717) is 0 Å². The number of para-hydroxylation sites is 1. The van der Waals surface area contributed by atoms with E-state index in [1.54, 1.807) is 0 Å². The molecule has 0 radical (unpaired) electrons. The molecule has 0 saturated carbocycles. The summed E-state index contributed by atoms with van der Waals surface area (Å²) in [7, 11) is 0. The van der Waals surface area contributed by atoms with E-state index in [4.69, 9.17) is 16.7 Å². The minimum absolute atomic E-state index is 0.722. The molecule has 1 fully saturated rings. The highest BCUT2D eigenvalue weighted by Crippen LogP contribution is 2.30. The van der Waals surface area contributed by atoms with E-state index in [1.165, 1.54) is 29.3 Å². The normalized spacial score (nSPS) is 13.9.